The molecule has 2 aromatic heterocycles. The molecule has 136 valence electrons. The predicted octanol–water partition coefficient (Wildman–Crippen LogP) is 4.86. The van der Waals surface area contributed by atoms with Crippen molar-refractivity contribution in [1.82, 2.24) is 9.78 Å². The molecule has 7 heteroatoms. The highest BCUT2D eigenvalue weighted by atomic mass is 35.5. The third-order valence-electron chi connectivity index (χ3n) is 4.13. The molecule has 4 rings (SSSR count). The van der Waals surface area contributed by atoms with Gasteiger partial charge in [0.15, 0.2) is 15.6 Å². The van der Waals surface area contributed by atoms with E-state index >= 15 is 0 Å². The maximum atomic E-state index is 11.7. The summed E-state index contributed by atoms with van der Waals surface area (Å²) in [6, 6.07) is 19.6. The Morgan fingerprint density at radius 3 is 2.30 bits per heavy atom. The number of aromatic nitrogens is 2. The van der Waals surface area contributed by atoms with Crippen LogP contribution in [-0.4, -0.2) is 24.5 Å². The zero-order valence-corrected chi connectivity index (χ0v) is 15.9. The highest BCUT2D eigenvalue weighted by Gasteiger charge is 2.16. The SMILES string of the molecule is CS(=O)(=O)c1ccc(-n2nc(-c3ccc(Cl)cc3)cc2-c2ccco2)cc1. The van der Waals surface area contributed by atoms with Crippen LogP contribution in [-0.2, 0) is 9.84 Å². The summed E-state index contributed by atoms with van der Waals surface area (Å²) >= 11 is 5.97. The van der Waals surface area contributed by atoms with E-state index < -0.39 is 9.84 Å². The van der Waals surface area contributed by atoms with Gasteiger partial charge in [0.1, 0.15) is 5.69 Å². The number of furan rings is 1. The first kappa shape index (κ1) is 17.6. The Hall–Kier alpha value is -2.83. The first-order valence-electron chi connectivity index (χ1n) is 8.12. The van der Waals surface area contributed by atoms with Crippen LogP contribution in [0.2, 0.25) is 5.02 Å². The van der Waals surface area contributed by atoms with Crippen molar-refractivity contribution >= 4 is 21.4 Å². The Morgan fingerprint density at radius 2 is 1.70 bits per heavy atom. The number of nitrogens with zero attached hydrogens (tertiary/aromatic N) is 2. The molecular formula is C20H15ClN2O3S. The van der Waals surface area contributed by atoms with Gasteiger partial charge in [0.05, 0.1) is 22.5 Å². The van der Waals surface area contributed by atoms with Crippen LogP contribution in [0.4, 0.5) is 0 Å². The maximum Gasteiger partial charge on any atom is 0.175 e. The molecule has 0 fully saturated rings. The van der Waals surface area contributed by atoms with Gasteiger partial charge >= 0.3 is 0 Å². The van der Waals surface area contributed by atoms with E-state index in [1.165, 1.54) is 6.26 Å². The minimum Gasteiger partial charge on any atom is -0.463 e. The quantitative estimate of drug-likeness (QED) is 0.492. The fourth-order valence-electron chi connectivity index (χ4n) is 2.77. The summed E-state index contributed by atoms with van der Waals surface area (Å²) in [6.45, 7) is 0. The van der Waals surface area contributed by atoms with Crippen LogP contribution < -0.4 is 0 Å². The molecule has 0 aliphatic rings. The molecule has 0 spiro atoms. The summed E-state index contributed by atoms with van der Waals surface area (Å²) in [4.78, 5) is 0.260. The number of hydrogen-bond acceptors (Lipinski definition) is 4. The van der Waals surface area contributed by atoms with Gasteiger partial charge in [0.25, 0.3) is 0 Å². The topological polar surface area (TPSA) is 65.1 Å². The van der Waals surface area contributed by atoms with Crippen molar-refractivity contribution in [2.75, 3.05) is 6.26 Å². The summed E-state index contributed by atoms with van der Waals surface area (Å²) in [5.41, 5.74) is 3.16. The van der Waals surface area contributed by atoms with Crippen LogP contribution in [0.3, 0.4) is 0 Å². The Morgan fingerprint density at radius 1 is 1.00 bits per heavy atom. The van der Waals surface area contributed by atoms with Crippen molar-refractivity contribution in [2.45, 2.75) is 4.90 Å². The van der Waals surface area contributed by atoms with Gasteiger partial charge in [-0.1, -0.05) is 23.7 Å². The molecule has 27 heavy (non-hydrogen) atoms. The number of hydrogen-bond donors (Lipinski definition) is 0. The minimum absolute atomic E-state index is 0.260. The molecule has 5 nitrogen and oxygen atoms in total. The standard InChI is InChI=1S/C20H15ClN2O3S/c1-27(24,25)17-10-8-16(9-11-17)23-19(20-3-2-12-26-20)13-18(22-23)14-4-6-15(21)7-5-14/h2-13H,1H3. The molecule has 0 N–H and O–H groups in total. The molecular weight excluding hydrogens is 384 g/mol. The van der Waals surface area contributed by atoms with Crippen molar-refractivity contribution < 1.29 is 12.8 Å². The third kappa shape index (κ3) is 3.54. The first-order valence-corrected chi connectivity index (χ1v) is 10.4. The molecule has 0 aliphatic carbocycles. The summed E-state index contributed by atoms with van der Waals surface area (Å²) in [6.07, 6.45) is 2.78. The van der Waals surface area contributed by atoms with E-state index in [-0.39, 0.29) is 4.90 Å². The van der Waals surface area contributed by atoms with Gasteiger partial charge in [-0.25, -0.2) is 13.1 Å². The van der Waals surface area contributed by atoms with Crippen molar-refractivity contribution in [3.63, 3.8) is 0 Å². The zero-order valence-electron chi connectivity index (χ0n) is 14.3. The lowest BCUT2D eigenvalue weighted by Crippen LogP contribution is -2.01. The van der Waals surface area contributed by atoms with Crippen LogP contribution in [0.15, 0.2) is 82.3 Å². The molecule has 0 radical (unpaired) electrons. The molecule has 0 bridgehead atoms. The fraction of sp³-hybridized carbons (Fsp3) is 0.0500. The molecule has 0 saturated heterocycles. The number of benzene rings is 2. The largest absolute Gasteiger partial charge is 0.463 e. The molecule has 0 atom stereocenters. The number of halogens is 1. The lowest BCUT2D eigenvalue weighted by Gasteiger charge is -2.06. The highest BCUT2D eigenvalue weighted by molar-refractivity contribution is 7.90. The van der Waals surface area contributed by atoms with E-state index in [4.69, 9.17) is 21.1 Å². The average molecular weight is 399 g/mol. The van der Waals surface area contributed by atoms with Crippen LogP contribution in [0.1, 0.15) is 0 Å². The van der Waals surface area contributed by atoms with Gasteiger partial charge < -0.3 is 4.42 Å². The molecule has 4 aromatic rings. The van der Waals surface area contributed by atoms with Gasteiger partial charge in [-0.15, -0.1) is 0 Å². The van der Waals surface area contributed by atoms with E-state index in [0.29, 0.717) is 10.8 Å². The zero-order chi connectivity index (χ0) is 19.0. The van der Waals surface area contributed by atoms with Crippen LogP contribution in [0.25, 0.3) is 28.4 Å². The van der Waals surface area contributed by atoms with Crippen LogP contribution in [0.5, 0.6) is 0 Å². The maximum absolute atomic E-state index is 11.7. The highest BCUT2D eigenvalue weighted by Crippen LogP contribution is 2.30. The van der Waals surface area contributed by atoms with Gasteiger partial charge in [0, 0.05) is 16.8 Å². The van der Waals surface area contributed by atoms with Crippen molar-refractivity contribution in [2.24, 2.45) is 0 Å². The molecule has 0 aliphatic heterocycles. The second-order valence-electron chi connectivity index (χ2n) is 6.08. The van der Waals surface area contributed by atoms with Crippen molar-refractivity contribution in [1.29, 1.82) is 0 Å². The smallest absolute Gasteiger partial charge is 0.175 e. The fourth-order valence-corrected chi connectivity index (χ4v) is 3.53. The second-order valence-corrected chi connectivity index (χ2v) is 8.53. The summed E-state index contributed by atoms with van der Waals surface area (Å²) < 4.78 is 30.7. The Bertz CT molecular complexity index is 1180. The van der Waals surface area contributed by atoms with Gasteiger partial charge in [0.2, 0.25) is 0 Å². The van der Waals surface area contributed by atoms with Crippen molar-refractivity contribution in [3.05, 3.63) is 78.0 Å². The normalized spacial score (nSPS) is 11.6. The first-order chi connectivity index (χ1) is 12.9. The molecule has 0 saturated carbocycles. The predicted molar refractivity (Wildman–Crippen MR) is 105 cm³/mol. The molecule has 2 aromatic carbocycles. The monoisotopic (exact) mass is 398 g/mol. The van der Waals surface area contributed by atoms with Gasteiger partial charge in [-0.3, -0.25) is 0 Å². The average Bonchev–Trinajstić information content (AvgIpc) is 3.31. The molecule has 0 amide bonds. The van der Waals surface area contributed by atoms with Crippen molar-refractivity contribution in [3.8, 4) is 28.4 Å². The lowest BCUT2D eigenvalue weighted by molar-refractivity contribution is 0.577. The van der Waals surface area contributed by atoms with E-state index in [2.05, 4.69) is 0 Å². The summed E-state index contributed by atoms with van der Waals surface area (Å²) in [7, 11) is -3.26. The van der Waals surface area contributed by atoms with Gasteiger partial charge in [-0.2, -0.15) is 5.10 Å². The summed E-state index contributed by atoms with van der Waals surface area (Å²) in [5.74, 6) is 0.662. The lowest BCUT2D eigenvalue weighted by atomic mass is 10.1. The number of sulfone groups is 1. The third-order valence-corrected chi connectivity index (χ3v) is 5.51. The molecule has 2 heterocycles. The molecule has 0 unspecified atom stereocenters. The minimum atomic E-state index is -3.26. The van der Waals surface area contributed by atoms with E-state index in [1.54, 1.807) is 41.3 Å². The summed E-state index contributed by atoms with van der Waals surface area (Å²) in [5, 5.41) is 5.35. The second kappa shape index (κ2) is 6.72. The Kier molecular flexibility index (Phi) is 4.37. The Balaban J connectivity index is 1.85. The van der Waals surface area contributed by atoms with E-state index in [9.17, 15) is 8.42 Å². The van der Waals surface area contributed by atoms with Crippen LogP contribution >= 0.6 is 11.6 Å². The van der Waals surface area contributed by atoms with Crippen LogP contribution in [0, 0.1) is 0 Å². The van der Waals surface area contributed by atoms with E-state index in [1.807, 2.05) is 36.4 Å². The van der Waals surface area contributed by atoms with Gasteiger partial charge in [-0.05, 0) is 54.6 Å². The number of rotatable bonds is 4. The Labute approximate surface area is 161 Å². The van der Waals surface area contributed by atoms with E-state index in [0.717, 1.165) is 22.6 Å².